The van der Waals surface area contributed by atoms with Gasteiger partial charge >= 0.3 is 5.15 Å². The van der Waals surface area contributed by atoms with E-state index in [0.717, 1.165) is 0 Å². The van der Waals surface area contributed by atoms with Crippen LogP contribution in [0, 0.1) is 0 Å². The third-order valence-corrected chi connectivity index (χ3v) is 1.38. The number of halogens is 1. The Bertz CT molecular complexity index is 239. The topological polar surface area (TPSA) is 39.1 Å². The Labute approximate surface area is 63.9 Å². The quantitative estimate of drug-likeness (QED) is 0.472. The normalized spacial score (nSPS) is 9.40. The molecule has 3 nitrogen and oxygen atoms in total. The zero-order valence-corrected chi connectivity index (χ0v) is 6.30. The zero-order chi connectivity index (χ0) is 7.56. The minimum Gasteiger partial charge on any atom is -0.394 e. The van der Waals surface area contributed by atoms with E-state index in [1.807, 2.05) is 0 Å². The number of nitrogen functional groups attached to an aromatic ring is 1. The van der Waals surface area contributed by atoms with Crippen LogP contribution in [0.25, 0.3) is 0 Å². The van der Waals surface area contributed by atoms with Crippen LogP contribution >= 0.6 is 11.6 Å². The van der Waals surface area contributed by atoms with E-state index < -0.39 is 0 Å². The Kier molecular flexibility index (Phi) is 1.97. The molecule has 2 N–H and O–H groups in total. The van der Waals surface area contributed by atoms with Gasteiger partial charge in [0.25, 0.3) is 0 Å². The third kappa shape index (κ3) is 1.30. The maximum atomic E-state index is 5.68. The van der Waals surface area contributed by atoms with Gasteiger partial charge < -0.3 is 5.73 Å². The highest BCUT2D eigenvalue weighted by Gasteiger charge is 2.07. The molecule has 0 saturated carbocycles. The van der Waals surface area contributed by atoms with E-state index in [1.165, 1.54) is 11.8 Å². The van der Waals surface area contributed by atoms with Crippen molar-refractivity contribution in [3.63, 3.8) is 0 Å². The Morgan fingerprint density at radius 2 is 2.30 bits per heavy atom. The van der Waals surface area contributed by atoms with E-state index in [2.05, 4.69) is 0 Å². The molecule has 0 aromatic carbocycles. The summed E-state index contributed by atoms with van der Waals surface area (Å²) < 4.78 is 1.39. The molecule has 0 bridgehead atoms. The van der Waals surface area contributed by atoms with Crippen molar-refractivity contribution in [3.8, 4) is 0 Å². The minimum absolute atomic E-state index is 0.497. The molecular formula is C6H8ClN2O+. The smallest absolute Gasteiger partial charge is 0.325 e. The summed E-state index contributed by atoms with van der Waals surface area (Å²) in [6.07, 6.45) is 1.60. The van der Waals surface area contributed by atoms with Crippen molar-refractivity contribution in [1.82, 2.24) is 0 Å². The molecule has 54 valence electrons. The summed E-state index contributed by atoms with van der Waals surface area (Å²) in [6.45, 7) is 0. The van der Waals surface area contributed by atoms with Gasteiger partial charge in [-0.2, -0.15) is 0 Å². The van der Waals surface area contributed by atoms with Gasteiger partial charge in [-0.05, 0) is 17.7 Å². The lowest BCUT2D eigenvalue weighted by molar-refractivity contribution is -0.883. The summed E-state index contributed by atoms with van der Waals surface area (Å²) in [5, 5.41) is 0.497. The number of aromatic nitrogens is 1. The number of nitrogens with zero attached hydrogens (tertiary/aromatic N) is 1. The Hall–Kier alpha value is -0.960. The van der Waals surface area contributed by atoms with Crippen molar-refractivity contribution < 1.29 is 9.57 Å². The summed E-state index contributed by atoms with van der Waals surface area (Å²) in [7, 11) is 1.52. The summed E-state index contributed by atoms with van der Waals surface area (Å²) >= 11 is 5.68. The lowest BCUT2D eigenvalue weighted by atomic mass is 10.4. The van der Waals surface area contributed by atoms with Crippen LogP contribution in [0.3, 0.4) is 0 Å². The maximum Gasteiger partial charge on any atom is 0.325 e. The van der Waals surface area contributed by atoms with Crippen molar-refractivity contribution >= 4 is 17.3 Å². The molecule has 0 radical (unpaired) electrons. The van der Waals surface area contributed by atoms with Gasteiger partial charge in [-0.3, -0.25) is 4.84 Å². The largest absolute Gasteiger partial charge is 0.394 e. The fourth-order valence-electron chi connectivity index (χ4n) is 0.618. The lowest BCUT2D eigenvalue weighted by Gasteiger charge is -1.92. The predicted molar refractivity (Wildman–Crippen MR) is 38.6 cm³/mol. The van der Waals surface area contributed by atoms with Crippen LogP contribution in [0.1, 0.15) is 0 Å². The van der Waals surface area contributed by atoms with Crippen LogP contribution in [0.2, 0.25) is 5.15 Å². The molecule has 0 spiro atoms. The highest BCUT2D eigenvalue weighted by molar-refractivity contribution is 6.28. The first-order chi connectivity index (χ1) is 4.74. The van der Waals surface area contributed by atoms with Gasteiger partial charge in [0.2, 0.25) is 6.20 Å². The number of nitrogens with two attached hydrogens (primary N) is 1. The van der Waals surface area contributed by atoms with E-state index in [9.17, 15) is 0 Å². The number of anilines is 1. The second kappa shape index (κ2) is 2.75. The number of rotatable bonds is 1. The van der Waals surface area contributed by atoms with Crippen LogP contribution in [-0.2, 0) is 0 Å². The van der Waals surface area contributed by atoms with Crippen molar-refractivity contribution in [3.05, 3.63) is 23.5 Å². The Morgan fingerprint density at radius 3 is 2.80 bits per heavy atom. The number of hydrogen-bond donors (Lipinski definition) is 1. The first-order valence-corrected chi connectivity index (χ1v) is 3.13. The van der Waals surface area contributed by atoms with Crippen LogP contribution in [-0.4, -0.2) is 7.11 Å². The molecule has 1 heterocycles. The Balaban J connectivity index is 3.09. The molecule has 1 aromatic rings. The van der Waals surface area contributed by atoms with Crippen LogP contribution in [0.4, 0.5) is 5.69 Å². The van der Waals surface area contributed by atoms with E-state index >= 15 is 0 Å². The summed E-state index contributed by atoms with van der Waals surface area (Å²) in [5.41, 5.74) is 6.06. The molecule has 1 rings (SSSR count). The molecule has 0 aliphatic carbocycles. The first-order valence-electron chi connectivity index (χ1n) is 2.75. The molecule has 10 heavy (non-hydrogen) atoms. The third-order valence-electron chi connectivity index (χ3n) is 1.09. The number of hydrogen-bond acceptors (Lipinski definition) is 2. The fraction of sp³-hybridized carbons (Fsp3) is 0.167. The summed E-state index contributed by atoms with van der Waals surface area (Å²) in [4.78, 5) is 4.83. The van der Waals surface area contributed by atoms with Crippen molar-refractivity contribution in [1.29, 1.82) is 0 Å². The van der Waals surface area contributed by atoms with Crippen molar-refractivity contribution in [2.75, 3.05) is 12.8 Å². The van der Waals surface area contributed by atoms with E-state index in [4.69, 9.17) is 22.2 Å². The fourth-order valence-corrected chi connectivity index (χ4v) is 0.799. The SMILES string of the molecule is CO[n+]1cc(N)ccc1Cl. The predicted octanol–water partition coefficient (Wildman–Crippen LogP) is 0.268. The van der Waals surface area contributed by atoms with Crippen LogP contribution in [0.15, 0.2) is 18.3 Å². The van der Waals surface area contributed by atoms with Gasteiger partial charge in [-0.15, -0.1) is 0 Å². The molecule has 0 aliphatic rings. The molecule has 1 aromatic heterocycles. The van der Waals surface area contributed by atoms with Gasteiger partial charge in [-0.1, -0.05) is 0 Å². The van der Waals surface area contributed by atoms with Crippen molar-refractivity contribution in [2.24, 2.45) is 0 Å². The molecule has 0 aliphatic heterocycles. The van der Waals surface area contributed by atoms with Gasteiger partial charge in [0.15, 0.2) is 0 Å². The average molecular weight is 160 g/mol. The highest BCUT2D eigenvalue weighted by atomic mass is 35.5. The average Bonchev–Trinajstić information content (AvgIpc) is 1.94. The van der Waals surface area contributed by atoms with E-state index in [1.54, 1.807) is 18.3 Å². The van der Waals surface area contributed by atoms with E-state index in [0.29, 0.717) is 10.8 Å². The second-order valence-electron chi connectivity index (χ2n) is 1.79. The van der Waals surface area contributed by atoms with Crippen molar-refractivity contribution in [2.45, 2.75) is 0 Å². The minimum atomic E-state index is 0.497. The molecule has 0 unspecified atom stereocenters. The first kappa shape index (κ1) is 7.15. The second-order valence-corrected chi connectivity index (χ2v) is 2.18. The van der Waals surface area contributed by atoms with Gasteiger partial charge in [-0.25, -0.2) is 0 Å². The molecule has 0 saturated heterocycles. The molecular weight excluding hydrogens is 152 g/mol. The van der Waals surface area contributed by atoms with Gasteiger partial charge in [0, 0.05) is 10.8 Å². The molecule has 0 atom stereocenters. The maximum absolute atomic E-state index is 5.68. The Morgan fingerprint density at radius 1 is 1.60 bits per heavy atom. The standard InChI is InChI=1S/C6H8ClN2O/c1-10-9-4-5(8)2-3-6(9)7/h2-4H,8H2,1H3/q+1. The van der Waals surface area contributed by atoms with Gasteiger partial charge in [0.1, 0.15) is 12.8 Å². The molecule has 0 amide bonds. The molecule has 0 fully saturated rings. The van der Waals surface area contributed by atoms with E-state index in [-0.39, 0.29) is 0 Å². The summed E-state index contributed by atoms with van der Waals surface area (Å²) in [6, 6.07) is 3.37. The number of pyridine rings is 1. The van der Waals surface area contributed by atoms with Crippen LogP contribution in [0.5, 0.6) is 0 Å². The molecule has 4 heteroatoms. The van der Waals surface area contributed by atoms with Gasteiger partial charge in [0.05, 0.1) is 0 Å². The summed E-state index contributed by atoms with van der Waals surface area (Å²) in [5.74, 6) is 0. The zero-order valence-electron chi connectivity index (χ0n) is 5.54. The lowest BCUT2D eigenvalue weighted by Crippen LogP contribution is -2.41. The van der Waals surface area contributed by atoms with Crippen LogP contribution < -0.4 is 15.3 Å². The highest BCUT2D eigenvalue weighted by Crippen LogP contribution is 2.02. The monoisotopic (exact) mass is 159 g/mol.